The first-order valence-electron chi connectivity index (χ1n) is 6.34. The van der Waals surface area contributed by atoms with Crippen LogP contribution in [0.1, 0.15) is 11.1 Å². The molecule has 0 atom stereocenters. The maximum atomic E-state index is 12.6. The van der Waals surface area contributed by atoms with Crippen LogP contribution in [0.15, 0.2) is 53.4 Å². The maximum Gasteiger partial charge on any atom is 0.244 e. The molecule has 2 aromatic rings. The second-order valence-electron chi connectivity index (χ2n) is 4.67. The van der Waals surface area contributed by atoms with Crippen LogP contribution in [0.4, 0.5) is 0 Å². The van der Waals surface area contributed by atoms with Gasteiger partial charge in [-0.1, -0.05) is 48.0 Å². The minimum absolute atomic E-state index is 0.00847. The molecule has 0 saturated heterocycles. The van der Waals surface area contributed by atoms with Gasteiger partial charge in [-0.2, -0.15) is 4.31 Å². The van der Waals surface area contributed by atoms with Gasteiger partial charge in [0.25, 0.3) is 0 Å². The maximum absolute atomic E-state index is 12.6. The predicted molar refractivity (Wildman–Crippen MR) is 82.5 cm³/mol. The molecule has 6 heteroatoms. The van der Waals surface area contributed by atoms with Crippen LogP contribution in [0.25, 0.3) is 0 Å². The van der Waals surface area contributed by atoms with Gasteiger partial charge in [0.15, 0.2) is 0 Å². The number of nitrogens with zero attached hydrogens (tertiary/aromatic N) is 1. The first kappa shape index (κ1) is 16.0. The summed E-state index contributed by atoms with van der Waals surface area (Å²) < 4.78 is 26.4. The molecular weight excluding hydrogens is 310 g/mol. The third-order valence-corrected chi connectivity index (χ3v) is 5.40. The molecule has 0 spiro atoms. The van der Waals surface area contributed by atoms with Crippen molar-refractivity contribution in [3.63, 3.8) is 0 Å². The molecule has 0 heterocycles. The molecule has 2 rings (SSSR count). The van der Waals surface area contributed by atoms with Crippen LogP contribution in [-0.2, 0) is 23.2 Å². The Bertz CT molecular complexity index is 717. The zero-order chi connectivity index (χ0) is 15.5. The van der Waals surface area contributed by atoms with E-state index in [1.807, 2.05) is 30.3 Å². The first-order chi connectivity index (χ1) is 9.95. The van der Waals surface area contributed by atoms with E-state index in [2.05, 4.69) is 0 Å². The molecule has 0 aliphatic heterocycles. The van der Waals surface area contributed by atoms with Gasteiger partial charge in [-0.15, -0.1) is 0 Å². The number of halogens is 1. The highest BCUT2D eigenvalue weighted by molar-refractivity contribution is 7.89. The van der Waals surface area contributed by atoms with Crippen molar-refractivity contribution in [2.75, 3.05) is 7.05 Å². The molecule has 1 N–H and O–H groups in total. The van der Waals surface area contributed by atoms with Crippen LogP contribution in [0.5, 0.6) is 0 Å². The summed E-state index contributed by atoms with van der Waals surface area (Å²) in [5.74, 6) is 0. The van der Waals surface area contributed by atoms with Gasteiger partial charge in [-0.3, -0.25) is 0 Å². The van der Waals surface area contributed by atoms with E-state index in [1.165, 1.54) is 23.5 Å². The third-order valence-electron chi connectivity index (χ3n) is 3.11. The molecule has 0 amide bonds. The fraction of sp³-hybridized carbons (Fsp3) is 0.200. The molecule has 112 valence electrons. The number of hydrogen-bond donors (Lipinski definition) is 1. The van der Waals surface area contributed by atoms with Gasteiger partial charge < -0.3 is 5.11 Å². The largest absolute Gasteiger partial charge is 0.392 e. The van der Waals surface area contributed by atoms with E-state index in [-0.39, 0.29) is 23.1 Å². The van der Waals surface area contributed by atoms with E-state index in [0.717, 1.165) is 5.56 Å². The van der Waals surface area contributed by atoms with Gasteiger partial charge in [0.05, 0.1) is 11.6 Å². The number of benzene rings is 2. The number of hydrogen-bond acceptors (Lipinski definition) is 3. The topological polar surface area (TPSA) is 57.6 Å². The Morgan fingerprint density at radius 2 is 1.76 bits per heavy atom. The molecule has 21 heavy (non-hydrogen) atoms. The summed E-state index contributed by atoms with van der Waals surface area (Å²) in [5.41, 5.74) is 1.39. The summed E-state index contributed by atoms with van der Waals surface area (Å²) in [7, 11) is -2.21. The first-order valence-corrected chi connectivity index (χ1v) is 8.16. The average Bonchev–Trinajstić information content (AvgIpc) is 2.48. The Labute approximate surface area is 129 Å². The molecule has 0 saturated carbocycles. The molecule has 0 aliphatic rings. The Morgan fingerprint density at radius 3 is 2.38 bits per heavy atom. The predicted octanol–water partition coefficient (Wildman–Crippen LogP) is 2.65. The molecule has 0 bridgehead atoms. The van der Waals surface area contributed by atoms with E-state index in [9.17, 15) is 8.42 Å². The second kappa shape index (κ2) is 6.58. The molecule has 2 aromatic carbocycles. The Kier molecular flexibility index (Phi) is 5.00. The summed E-state index contributed by atoms with van der Waals surface area (Å²) in [6.45, 7) is 0.0188. The zero-order valence-corrected chi connectivity index (χ0v) is 13.1. The van der Waals surface area contributed by atoms with Crippen LogP contribution in [0.2, 0.25) is 5.02 Å². The normalized spacial score (nSPS) is 11.8. The van der Waals surface area contributed by atoms with Crippen molar-refractivity contribution in [2.24, 2.45) is 0 Å². The highest BCUT2D eigenvalue weighted by atomic mass is 35.5. The monoisotopic (exact) mass is 325 g/mol. The number of aliphatic hydroxyl groups excluding tert-OH is 1. The number of sulfonamides is 1. The Morgan fingerprint density at radius 1 is 1.10 bits per heavy atom. The molecule has 0 fully saturated rings. The quantitative estimate of drug-likeness (QED) is 0.919. The van der Waals surface area contributed by atoms with Crippen LogP contribution in [0.3, 0.4) is 0 Å². The minimum Gasteiger partial charge on any atom is -0.392 e. The van der Waals surface area contributed by atoms with Crippen molar-refractivity contribution < 1.29 is 13.5 Å². The summed E-state index contributed by atoms with van der Waals surface area (Å²) in [4.78, 5) is 0.00847. The highest BCUT2D eigenvalue weighted by Gasteiger charge is 2.24. The van der Waals surface area contributed by atoms with Crippen LogP contribution in [0, 0.1) is 0 Å². The highest BCUT2D eigenvalue weighted by Crippen LogP contribution is 2.26. The van der Waals surface area contributed by atoms with Gasteiger partial charge in [0.1, 0.15) is 4.90 Å². The Balaban J connectivity index is 2.33. The fourth-order valence-corrected chi connectivity index (χ4v) is 3.62. The lowest BCUT2D eigenvalue weighted by Gasteiger charge is -2.18. The smallest absolute Gasteiger partial charge is 0.244 e. The SMILES string of the molecule is CN(Cc1ccccc1)S(=O)(=O)c1cc(CO)ccc1Cl. The third kappa shape index (κ3) is 3.63. The summed E-state index contributed by atoms with van der Waals surface area (Å²) >= 11 is 6.00. The van der Waals surface area contributed by atoms with Gasteiger partial charge in [-0.25, -0.2) is 8.42 Å². The lowest BCUT2D eigenvalue weighted by Crippen LogP contribution is -2.26. The molecule has 4 nitrogen and oxygen atoms in total. The number of aliphatic hydroxyl groups is 1. The van der Waals surface area contributed by atoms with E-state index in [4.69, 9.17) is 16.7 Å². The standard InChI is InChI=1S/C15H16ClNO3S/c1-17(10-12-5-3-2-4-6-12)21(19,20)15-9-13(11-18)7-8-14(15)16/h2-9,18H,10-11H2,1H3. The molecular formula is C15H16ClNO3S. The second-order valence-corrected chi connectivity index (χ2v) is 7.09. The Hall–Kier alpha value is -1.40. The van der Waals surface area contributed by atoms with Gasteiger partial charge >= 0.3 is 0 Å². The lowest BCUT2D eigenvalue weighted by molar-refractivity contribution is 0.281. The fourth-order valence-electron chi connectivity index (χ4n) is 1.94. The van der Waals surface area contributed by atoms with Crippen molar-refractivity contribution in [1.29, 1.82) is 0 Å². The van der Waals surface area contributed by atoms with Crippen molar-refractivity contribution in [2.45, 2.75) is 18.0 Å². The van der Waals surface area contributed by atoms with Gasteiger partial charge in [0, 0.05) is 13.6 Å². The van der Waals surface area contributed by atoms with Crippen LogP contribution >= 0.6 is 11.6 Å². The molecule has 0 aliphatic carbocycles. The van der Waals surface area contributed by atoms with Gasteiger partial charge in [0.2, 0.25) is 10.0 Å². The van der Waals surface area contributed by atoms with Crippen molar-refractivity contribution >= 4 is 21.6 Å². The summed E-state index contributed by atoms with van der Waals surface area (Å²) in [5, 5.41) is 9.29. The van der Waals surface area contributed by atoms with Crippen molar-refractivity contribution in [1.82, 2.24) is 4.31 Å². The van der Waals surface area contributed by atoms with E-state index < -0.39 is 10.0 Å². The summed E-state index contributed by atoms with van der Waals surface area (Å²) in [6, 6.07) is 13.8. The number of rotatable bonds is 5. The van der Waals surface area contributed by atoms with Crippen LogP contribution < -0.4 is 0 Å². The van der Waals surface area contributed by atoms with E-state index >= 15 is 0 Å². The zero-order valence-electron chi connectivity index (χ0n) is 11.5. The average molecular weight is 326 g/mol. The van der Waals surface area contributed by atoms with Crippen molar-refractivity contribution in [3.8, 4) is 0 Å². The van der Waals surface area contributed by atoms with Crippen molar-refractivity contribution in [3.05, 3.63) is 64.7 Å². The molecule has 0 aromatic heterocycles. The van der Waals surface area contributed by atoms with Gasteiger partial charge in [-0.05, 0) is 23.3 Å². The van der Waals surface area contributed by atoms with E-state index in [0.29, 0.717) is 5.56 Å². The molecule has 0 radical (unpaired) electrons. The minimum atomic E-state index is -3.71. The van der Waals surface area contributed by atoms with Crippen LogP contribution in [-0.4, -0.2) is 24.9 Å². The molecule has 0 unspecified atom stereocenters. The lowest BCUT2D eigenvalue weighted by atomic mass is 10.2. The summed E-state index contributed by atoms with van der Waals surface area (Å²) in [6.07, 6.45) is 0. The van der Waals surface area contributed by atoms with E-state index in [1.54, 1.807) is 6.07 Å².